The van der Waals surface area contributed by atoms with Crippen molar-refractivity contribution in [1.29, 1.82) is 0 Å². The Labute approximate surface area is 98.2 Å². The second kappa shape index (κ2) is 6.57. The molecule has 0 fully saturated rings. The van der Waals surface area contributed by atoms with Gasteiger partial charge in [0.25, 0.3) is 0 Å². The summed E-state index contributed by atoms with van der Waals surface area (Å²) in [5, 5.41) is 3.45. The summed E-state index contributed by atoms with van der Waals surface area (Å²) in [6.07, 6.45) is 1.59. The fourth-order valence-corrected chi connectivity index (χ4v) is 1.42. The lowest BCUT2D eigenvalue weighted by Crippen LogP contribution is -2.16. The van der Waals surface area contributed by atoms with Gasteiger partial charge in [-0.1, -0.05) is 5.11 Å². The number of aromatic nitrogens is 1. The Hall–Kier alpha value is -1.98. The Morgan fingerprint density at radius 3 is 2.88 bits per heavy atom. The van der Waals surface area contributed by atoms with E-state index in [0.29, 0.717) is 25.4 Å². The second-order valence-electron chi connectivity index (χ2n) is 3.28. The van der Waals surface area contributed by atoms with Gasteiger partial charge in [0.2, 0.25) is 5.43 Å². The molecule has 1 rings (SSSR count). The highest BCUT2D eigenvalue weighted by Gasteiger charge is 2.06. The Kier molecular flexibility index (Phi) is 5.06. The predicted molar refractivity (Wildman–Crippen MR) is 62.0 cm³/mol. The van der Waals surface area contributed by atoms with E-state index in [0.717, 1.165) is 0 Å². The van der Waals surface area contributed by atoms with Gasteiger partial charge in [-0.3, -0.25) is 4.79 Å². The highest BCUT2D eigenvalue weighted by molar-refractivity contribution is 5.21. The van der Waals surface area contributed by atoms with Crippen LogP contribution in [0.15, 0.2) is 22.2 Å². The Bertz CT molecular complexity index is 477. The zero-order chi connectivity index (χ0) is 12.7. The highest BCUT2D eigenvalue weighted by atomic mass is 16.5. The zero-order valence-corrected chi connectivity index (χ0v) is 9.79. The molecule has 0 aliphatic carbocycles. The van der Waals surface area contributed by atoms with Gasteiger partial charge in [-0.05, 0) is 5.53 Å². The van der Waals surface area contributed by atoms with Gasteiger partial charge in [-0.15, -0.1) is 0 Å². The van der Waals surface area contributed by atoms with Gasteiger partial charge in [0.05, 0.1) is 19.9 Å². The maximum absolute atomic E-state index is 11.6. The third-order valence-electron chi connectivity index (χ3n) is 2.20. The van der Waals surface area contributed by atoms with Crippen molar-refractivity contribution in [3.05, 3.63) is 38.6 Å². The van der Waals surface area contributed by atoms with Gasteiger partial charge in [-0.25, -0.2) is 0 Å². The standard InChI is InChI=1S/C10H14N4O3/c1-16-7-8-5-9(15)10(17-2)6-14(8)4-3-12-13-11/h5-6H,3-4,7H2,1-2H3. The molecule has 0 amide bonds. The molecule has 1 aromatic rings. The van der Waals surface area contributed by atoms with Gasteiger partial charge in [0.15, 0.2) is 5.75 Å². The van der Waals surface area contributed by atoms with E-state index in [1.54, 1.807) is 17.9 Å². The van der Waals surface area contributed by atoms with Crippen LogP contribution in [0.5, 0.6) is 5.75 Å². The molecule has 7 heteroatoms. The van der Waals surface area contributed by atoms with Gasteiger partial charge < -0.3 is 14.0 Å². The van der Waals surface area contributed by atoms with Crippen LogP contribution in [0.2, 0.25) is 0 Å². The molecule has 0 aliphatic rings. The molecule has 0 radical (unpaired) electrons. The summed E-state index contributed by atoms with van der Waals surface area (Å²) in [6.45, 7) is 1.09. The summed E-state index contributed by atoms with van der Waals surface area (Å²) in [7, 11) is 2.98. The third-order valence-corrected chi connectivity index (χ3v) is 2.20. The minimum Gasteiger partial charge on any atom is -0.491 e. The summed E-state index contributed by atoms with van der Waals surface area (Å²) >= 11 is 0. The molecule has 0 spiro atoms. The van der Waals surface area contributed by atoms with Crippen LogP contribution in [-0.4, -0.2) is 25.3 Å². The molecule has 0 saturated heterocycles. The first-order valence-corrected chi connectivity index (χ1v) is 5.00. The molecule has 1 heterocycles. The normalized spacial score (nSPS) is 9.76. The maximum atomic E-state index is 11.6. The van der Waals surface area contributed by atoms with Crippen LogP contribution >= 0.6 is 0 Å². The first kappa shape index (κ1) is 13.1. The van der Waals surface area contributed by atoms with Crippen molar-refractivity contribution in [2.45, 2.75) is 13.2 Å². The van der Waals surface area contributed by atoms with Crippen molar-refractivity contribution in [3.63, 3.8) is 0 Å². The number of azide groups is 1. The topological polar surface area (TPSA) is 89.2 Å². The molecule has 0 N–H and O–H groups in total. The zero-order valence-electron chi connectivity index (χ0n) is 9.79. The Morgan fingerprint density at radius 2 is 2.29 bits per heavy atom. The van der Waals surface area contributed by atoms with Crippen LogP contribution in [0.25, 0.3) is 10.4 Å². The smallest absolute Gasteiger partial charge is 0.223 e. The average Bonchev–Trinajstić information content (AvgIpc) is 2.32. The summed E-state index contributed by atoms with van der Waals surface area (Å²) in [5.74, 6) is 0.255. The van der Waals surface area contributed by atoms with E-state index in [4.69, 9.17) is 15.0 Å². The van der Waals surface area contributed by atoms with Gasteiger partial charge in [0.1, 0.15) is 0 Å². The molecular weight excluding hydrogens is 224 g/mol. The van der Waals surface area contributed by atoms with Crippen molar-refractivity contribution in [1.82, 2.24) is 4.57 Å². The Morgan fingerprint density at radius 1 is 1.53 bits per heavy atom. The van der Waals surface area contributed by atoms with Crippen LogP contribution in [0.4, 0.5) is 0 Å². The third kappa shape index (κ3) is 3.51. The van der Waals surface area contributed by atoms with Gasteiger partial charge >= 0.3 is 0 Å². The van der Waals surface area contributed by atoms with E-state index >= 15 is 0 Å². The lowest BCUT2D eigenvalue weighted by Gasteiger charge is -2.13. The highest BCUT2D eigenvalue weighted by Crippen LogP contribution is 2.07. The summed E-state index contributed by atoms with van der Waals surface area (Å²) < 4.78 is 11.7. The molecule has 7 nitrogen and oxygen atoms in total. The molecule has 0 unspecified atom stereocenters. The van der Waals surface area contributed by atoms with Crippen LogP contribution in [-0.2, 0) is 17.9 Å². The van der Waals surface area contributed by atoms with E-state index in [9.17, 15) is 4.79 Å². The minimum absolute atomic E-state index is 0.195. The van der Waals surface area contributed by atoms with Crippen molar-refractivity contribution in [2.24, 2.45) is 5.11 Å². The number of hydrogen-bond donors (Lipinski definition) is 0. The lowest BCUT2D eigenvalue weighted by atomic mass is 10.3. The van der Waals surface area contributed by atoms with E-state index < -0.39 is 0 Å². The number of hydrogen-bond acceptors (Lipinski definition) is 4. The fourth-order valence-electron chi connectivity index (χ4n) is 1.42. The fraction of sp³-hybridized carbons (Fsp3) is 0.500. The number of nitrogens with zero attached hydrogens (tertiary/aromatic N) is 4. The molecule has 0 aliphatic heterocycles. The quantitative estimate of drug-likeness (QED) is 0.425. The monoisotopic (exact) mass is 238 g/mol. The summed E-state index contributed by atoms with van der Waals surface area (Å²) in [4.78, 5) is 14.2. The molecule has 92 valence electrons. The molecule has 1 aromatic heterocycles. The van der Waals surface area contributed by atoms with Gasteiger partial charge in [0, 0.05) is 36.9 Å². The summed E-state index contributed by atoms with van der Waals surface area (Å²) in [5.41, 5.74) is 8.73. The molecule has 0 atom stereocenters. The van der Waals surface area contributed by atoms with E-state index in [-0.39, 0.29) is 11.2 Å². The predicted octanol–water partition coefficient (Wildman–Crippen LogP) is 1.31. The molecule has 17 heavy (non-hydrogen) atoms. The number of pyridine rings is 1. The van der Waals surface area contributed by atoms with Crippen LogP contribution in [0, 0.1) is 0 Å². The van der Waals surface area contributed by atoms with Crippen molar-refractivity contribution in [3.8, 4) is 5.75 Å². The van der Waals surface area contributed by atoms with Gasteiger partial charge in [-0.2, -0.15) is 0 Å². The van der Waals surface area contributed by atoms with E-state index in [1.165, 1.54) is 13.2 Å². The second-order valence-corrected chi connectivity index (χ2v) is 3.28. The lowest BCUT2D eigenvalue weighted by molar-refractivity contribution is 0.177. The largest absolute Gasteiger partial charge is 0.491 e. The van der Waals surface area contributed by atoms with Crippen molar-refractivity contribution in [2.75, 3.05) is 20.8 Å². The number of ether oxygens (including phenoxy) is 2. The SMILES string of the molecule is COCc1cc(=O)c(OC)cn1CCN=[N+]=[N-]. The average molecular weight is 238 g/mol. The molecule has 0 bridgehead atoms. The van der Waals surface area contributed by atoms with Crippen LogP contribution in [0.1, 0.15) is 5.69 Å². The molecular formula is C10H14N4O3. The molecule has 0 saturated carbocycles. The Balaban J connectivity index is 3.04. The first-order chi connectivity index (χ1) is 8.22. The molecule has 0 aromatic carbocycles. The maximum Gasteiger partial charge on any atom is 0.223 e. The number of methoxy groups -OCH3 is 2. The van der Waals surface area contributed by atoms with E-state index in [2.05, 4.69) is 10.0 Å². The minimum atomic E-state index is -0.195. The summed E-state index contributed by atoms with van der Waals surface area (Å²) in [6, 6.07) is 1.46. The number of rotatable bonds is 6. The first-order valence-electron chi connectivity index (χ1n) is 5.00. The van der Waals surface area contributed by atoms with Crippen molar-refractivity contribution >= 4 is 0 Å². The van der Waals surface area contributed by atoms with Crippen LogP contribution in [0.3, 0.4) is 0 Å². The van der Waals surface area contributed by atoms with Crippen LogP contribution < -0.4 is 10.2 Å². The van der Waals surface area contributed by atoms with E-state index in [1.807, 2.05) is 0 Å². The van der Waals surface area contributed by atoms with Crippen molar-refractivity contribution < 1.29 is 9.47 Å².